The zero-order valence-electron chi connectivity index (χ0n) is 15.6. The van der Waals surface area contributed by atoms with Crippen molar-refractivity contribution in [1.82, 2.24) is 0 Å². The number of carbonyl (C=O) groups excluding carboxylic acids is 1. The van der Waals surface area contributed by atoms with Gasteiger partial charge in [-0.3, -0.25) is 4.79 Å². The second-order valence-electron chi connectivity index (χ2n) is 5.65. The molecule has 27 heavy (non-hydrogen) atoms. The second kappa shape index (κ2) is 7.86. The Labute approximate surface area is 157 Å². The van der Waals surface area contributed by atoms with E-state index in [0.29, 0.717) is 29.1 Å². The van der Waals surface area contributed by atoms with Gasteiger partial charge in [0.25, 0.3) is 0 Å². The molecular weight excluding hydrogens is 348 g/mol. The van der Waals surface area contributed by atoms with Gasteiger partial charge in [-0.1, -0.05) is 12.1 Å². The maximum absolute atomic E-state index is 11.5. The molecule has 6 heteroatoms. The second-order valence-corrected chi connectivity index (χ2v) is 5.65. The summed E-state index contributed by atoms with van der Waals surface area (Å²) in [5.41, 5.74) is 3.02. The van der Waals surface area contributed by atoms with Crippen LogP contribution in [0.1, 0.15) is 10.6 Å². The quantitative estimate of drug-likeness (QED) is 0.574. The van der Waals surface area contributed by atoms with Crippen LogP contribution < -0.4 is 18.9 Å². The van der Waals surface area contributed by atoms with Crippen molar-refractivity contribution in [2.45, 2.75) is 0 Å². The fourth-order valence-corrected chi connectivity index (χ4v) is 2.96. The fraction of sp³-hybridized carbons (Fsp3) is 0.190. The number of rotatable bonds is 7. The normalized spacial score (nSPS) is 10.4. The fourth-order valence-electron chi connectivity index (χ4n) is 2.96. The summed E-state index contributed by atoms with van der Waals surface area (Å²) < 4.78 is 26.9. The molecule has 0 spiro atoms. The third-order valence-electron chi connectivity index (χ3n) is 4.28. The molecule has 0 bridgehead atoms. The van der Waals surface area contributed by atoms with Crippen molar-refractivity contribution in [3.05, 3.63) is 48.4 Å². The Balaban J connectivity index is 2.20. The SMILES string of the molecule is COc1ccc(-c2c(-c3cc(OC)c(OC)c(OC)c3)coc2C=O)cc1. The van der Waals surface area contributed by atoms with E-state index < -0.39 is 0 Å². The van der Waals surface area contributed by atoms with Crippen LogP contribution in [-0.4, -0.2) is 34.7 Å². The molecule has 0 amide bonds. The van der Waals surface area contributed by atoms with Crippen LogP contribution in [0, 0.1) is 0 Å². The van der Waals surface area contributed by atoms with Gasteiger partial charge in [-0.25, -0.2) is 0 Å². The first-order valence-corrected chi connectivity index (χ1v) is 8.18. The van der Waals surface area contributed by atoms with Crippen LogP contribution in [0.5, 0.6) is 23.0 Å². The summed E-state index contributed by atoms with van der Waals surface area (Å²) in [7, 11) is 6.26. The van der Waals surface area contributed by atoms with Crippen molar-refractivity contribution in [3.63, 3.8) is 0 Å². The summed E-state index contributed by atoms with van der Waals surface area (Å²) in [4.78, 5) is 11.5. The molecule has 2 aromatic carbocycles. The number of hydrogen-bond acceptors (Lipinski definition) is 6. The van der Waals surface area contributed by atoms with Gasteiger partial charge in [-0.15, -0.1) is 0 Å². The predicted octanol–water partition coefficient (Wildman–Crippen LogP) is 4.46. The van der Waals surface area contributed by atoms with Crippen LogP contribution in [0.4, 0.5) is 0 Å². The van der Waals surface area contributed by atoms with Crippen LogP contribution in [0.2, 0.25) is 0 Å². The average molecular weight is 368 g/mol. The Bertz CT molecular complexity index is 915. The lowest BCUT2D eigenvalue weighted by Crippen LogP contribution is -1.96. The largest absolute Gasteiger partial charge is 0.497 e. The Kier molecular flexibility index (Phi) is 5.35. The van der Waals surface area contributed by atoms with Gasteiger partial charge in [-0.2, -0.15) is 0 Å². The lowest BCUT2D eigenvalue weighted by atomic mass is 9.96. The predicted molar refractivity (Wildman–Crippen MR) is 101 cm³/mol. The Hall–Kier alpha value is -3.41. The molecule has 0 saturated heterocycles. The number of methoxy groups -OCH3 is 4. The van der Waals surface area contributed by atoms with Gasteiger partial charge in [0.1, 0.15) is 5.75 Å². The van der Waals surface area contributed by atoms with Crippen LogP contribution in [0.25, 0.3) is 22.3 Å². The molecule has 0 unspecified atom stereocenters. The van der Waals surface area contributed by atoms with E-state index in [2.05, 4.69) is 0 Å². The summed E-state index contributed by atoms with van der Waals surface area (Å²) >= 11 is 0. The Morgan fingerprint density at radius 3 is 1.93 bits per heavy atom. The lowest BCUT2D eigenvalue weighted by Gasteiger charge is -2.14. The molecule has 0 saturated carbocycles. The first-order valence-electron chi connectivity index (χ1n) is 8.18. The number of aldehydes is 1. The maximum Gasteiger partial charge on any atom is 0.203 e. The van der Waals surface area contributed by atoms with Crippen molar-refractivity contribution in [2.75, 3.05) is 28.4 Å². The molecule has 3 rings (SSSR count). The molecule has 0 aliphatic rings. The van der Waals surface area contributed by atoms with Crippen LogP contribution >= 0.6 is 0 Å². The van der Waals surface area contributed by atoms with E-state index >= 15 is 0 Å². The molecule has 0 fully saturated rings. The molecule has 6 nitrogen and oxygen atoms in total. The van der Waals surface area contributed by atoms with Crippen molar-refractivity contribution in [3.8, 4) is 45.3 Å². The van der Waals surface area contributed by atoms with Crippen molar-refractivity contribution in [2.24, 2.45) is 0 Å². The average Bonchev–Trinajstić information content (AvgIpc) is 3.16. The highest BCUT2D eigenvalue weighted by Crippen LogP contribution is 2.44. The van der Waals surface area contributed by atoms with Gasteiger partial charge in [0, 0.05) is 11.1 Å². The van der Waals surface area contributed by atoms with Crippen molar-refractivity contribution >= 4 is 6.29 Å². The maximum atomic E-state index is 11.5. The van der Waals surface area contributed by atoms with Crippen LogP contribution in [-0.2, 0) is 0 Å². The molecule has 3 aromatic rings. The van der Waals surface area contributed by atoms with E-state index in [9.17, 15) is 4.79 Å². The standard InChI is InChI=1S/C21H20O6/c1-23-15-7-5-13(6-8-15)20-16(12-27-19(20)11-22)14-9-17(24-2)21(26-4)18(10-14)25-3/h5-12H,1-4H3. The molecular formula is C21H20O6. The minimum absolute atomic E-state index is 0.240. The summed E-state index contributed by atoms with van der Waals surface area (Å²) in [6, 6.07) is 11.0. The molecule has 0 aliphatic heterocycles. The monoisotopic (exact) mass is 368 g/mol. The summed E-state index contributed by atoms with van der Waals surface area (Å²) in [6.45, 7) is 0. The van der Waals surface area contributed by atoms with Gasteiger partial charge in [-0.05, 0) is 35.4 Å². The highest BCUT2D eigenvalue weighted by molar-refractivity contribution is 5.94. The number of hydrogen-bond donors (Lipinski definition) is 0. The van der Waals surface area contributed by atoms with Gasteiger partial charge >= 0.3 is 0 Å². The first-order chi connectivity index (χ1) is 13.2. The topological polar surface area (TPSA) is 67.1 Å². The number of ether oxygens (including phenoxy) is 4. The molecule has 1 heterocycles. The van der Waals surface area contributed by atoms with Crippen molar-refractivity contribution in [1.29, 1.82) is 0 Å². The molecule has 1 aromatic heterocycles. The molecule has 0 aliphatic carbocycles. The highest BCUT2D eigenvalue weighted by atomic mass is 16.5. The number of benzene rings is 2. The van der Waals surface area contributed by atoms with Gasteiger partial charge < -0.3 is 23.4 Å². The highest BCUT2D eigenvalue weighted by Gasteiger charge is 2.20. The number of furan rings is 1. The van der Waals surface area contributed by atoms with E-state index in [1.54, 1.807) is 34.7 Å². The lowest BCUT2D eigenvalue weighted by molar-refractivity contribution is 0.110. The first kappa shape index (κ1) is 18.4. The van der Waals surface area contributed by atoms with E-state index in [1.807, 2.05) is 36.4 Å². The summed E-state index contributed by atoms with van der Waals surface area (Å²) in [5, 5.41) is 0. The third-order valence-corrected chi connectivity index (χ3v) is 4.28. The van der Waals surface area contributed by atoms with Crippen molar-refractivity contribution < 1.29 is 28.2 Å². The minimum atomic E-state index is 0.240. The zero-order valence-corrected chi connectivity index (χ0v) is 15.6. The van der Waals surface area contributed by atoms with E-state index in [-0.39, 0.29) is 5.76 Å². The Morgan fingerprint density at radius 2 is 1.44 bits per heavy atom. The number of carbonyl (C=O) groups is 1. The van der Waals surface area contributed by atoms with E-state index in [0.717, 1.165) is 22.4 Å². The smallest absolute Gasteiger partial charge is 0.203 e. The zero-order chi connectivity index (χ0) is 19.4. The van der Waals surface area contributed by atoms with E-state index in [1.165, 1.54) is 0 Å². The van der Waals surface area contributed by atoms with Gasteiger partial charge in [0.05, 0.1) is 34.7 Å². The van der Waals surface area contributed by atoms with E-state index in [4.69, 9.17) is 23.4 Å². The molecule has 0 N–H and O–H groups in total. The molecule has 0 atom stereocenters. The molecule has 0 radical (unpaired) electrons. The van der Waals surface area contributed by atoms with Gasteiger partial charge in [0.2, 0.25) is 5.75 Å². The molecule has 140 valence electrons. The van der Waals surface area contributed by atoms with Crippen LogP contribution in [0.15, 0.2) is 47.1 Å². The van der Waals surface area contributed by atoms with Gasteiger partial charge in [0.15, 0.2) is 23.5 Å². The summed E-state index contributed by atoms with van der Waals surface area (Å²) in [6.07, 6.45) is 2.24. The van der Waals surface area contributed by atoms with Crippen LogP contribution in [0.3, 0.4) is 0 Å². The summed E-state index contributed by atoms with van der Waals surface area (Å²) in [5.74, 6) is 2.49. The third kappa shape index (κ3) is 3.33. The Morgan fingerprint density at radius 1 is 0.815 bits per heavy atom. The minimum Gasteiger partial charge on any atom is -0.497 e.